The molecule has 0 spiro atoms. The molecule has 1 aliphatic heterocycles. The van der Waals surface area contributed by atoms with E-state index in [1.807, 2.05) is 50.2 Å². The van der Waals surface area contributed by atoms with Crippen molar-refractivity contribution in [2.75, 3.05) is 27.0 Å². The van der Waals surface area contributed by atoms with Crippen LogP contribution in [0, 0.1) is 5.92 Å². The highest BCUT2D eigenvalue weighted by Crippen LogP contribution is 2.24. The van der Waals surface area contributed by atoms with Gasteiger partial charge in [-0.2, -0.15) is 0 Å². The molecule has 0 unspecified atom stereocenters. The molecule has 1 fully saturated rings. The normalized spacial score (nSPS) is 16.2. The van der Waals surface area contributed by atoms with Crippen LogP contribution >= 0.6 is 0 Å². The SMILES string of the molecule is CC(C)C[C@H](NC(=O)OCc1ccccc1)C(=O)N1CCC[C@H]1C(=O)N(C)[C@@H](Cc1ccccc1)C(=O)O[C@H](C)[C@H](NC(=O)OC(C)(C)C)C(=O)OCOCC[Si](C)(C)C. The predicted molar refractivity (Wildman–Crippen MR) is 228 cm³/mol. The Morgan fingerprint density at radius 3 is 2.05 bits per heavy atom. The third-order valence-corrected chi connectivity index (χ3v) is 11.4. The number of hydrogen-bond acceptors (Lipinski definition) is 11. The van der Waals surface area contributed by atoms with E-state index in [1.165, 1.54) is 23.8 Å². The van der Waals surface area contributed by atoms with E-state index in [0.29, 0.717) is 25.9 Å². The Bertz CT molecular complexity index is 1720. The largest absolute Gasteiger partial charge is 0.458 e. The number of ether oxygens (including phenoxy) is 5. The van der Waals surface area contributed by atoms with Crippen molar-refractivity contribution in [3.63, 3.8) is 0 Å². The molecule has 0 aromatic heterocycles. The number of hydrogen-bond donors (Lipinski definition) is 2. The quantitative estimate of drug-likeness (QED) is 0.0520. The van der Waals surface area contributed by atoms with Crippen LogP contribution in [0.2, 0.25) is 25.7 Å². The lowest BCUT2D eigenvalue weighted by Crippen LogP contribution is -2.57. The third-order valence-electron chi connectivity index (χ3n) is 9.67. The molecule has 0 radical (unpaired) electrons. The molecule has 2 aromatic rings. The number of nitrogens with zero attached hydrogens (tertiary/aromatic N) is 2. The summed E-state index contributed by atoms with van der Waals surface area (Å²) < 4.78 is 27.6. The number of alkyl carbamates (subject to hydrolysis) is 2. The van der Waals surface area contributed by atoms with Crippen molar-refractivity contribution in [3.8, 4) is 0 Å². The molecule has 4 amide bonds. The first-order valence-electron chi connectivity index (χ1n) is 20.7. The van der Waals surface area contributed by atoms with Crippen LogP contribution in [0.1, 0.15) is 71.9 Å². The molecule has 1 heterocycles. The fourth-order valence-corrected chi connectivity index (χ4v) is 7.21. The van der Waals surface area contributed by atoms with Crippen LogP contribution in [0.5, 0.6) is 0 Å². The van der Waals surface area contributed by atoms with E-state index in [1.54, 1.807) is 45.0 Å². The van der Waals surface area contributed by atoms with Crippen LogP contribution in [0.25, 0.3) is 0 Å². The number of nitrogens with one attached hydrogen (secondary N) is 2. The van der Waals surface area contributed by atoms with Crippen molar-refractivity contribution >= 4 is 44.0 Å². The molecule has 0 bridgehead atoms. The fraction of sp³-hybridized carbons (Fsp3) is 0.591. The van der Waals surface area contributed by atoms with E-state index < -0.39 is 79.9 Å². The second-order valence-corrected chi connectivity index (χ2v) is 23.4. The molecular weight excluding hydrogens is 789 g/mol. The van der Waals surface area contributed by atoms with Gasteiger partial charge in [0.05, 0.1) is 0 Å². The summed E-state index contributed by atoms with van der Waals surface area (Å²) in [7, 11) is 0.0624. The zero-order valence-electron chi connectivity index (χ0n) is 37.0. The van der Waals surface area contributed by atoms with E-state index in [2.05, 4.69) is 30.3 Å². The lowest BCUT2D eigenvalue weighted by Gasteiger charge is -2.34. The molecule has 1 saturated heterocycles. The minimum absolute atomic E-state index is 0.0215. The molecular formula is C44H66N4O11Si. The van der Waals surface area contributed by atoms with Crippen molar-refractivity contribution in [1.29, 1.82) is 0 Å². The summed E-state index contributed by atoms with van der Waals surface area (Å²) in [4.78, 5) is 84.7. The van der Waals surface area contributed by atoms with Gasteiger partial charge in [-0.3, -0.25) is 9.59 Å². The molecule has 1 aliphatic rings. The van der Waals surface area contributed by atoms with Gasteiger partial charge in [0.25, 0.3) is 0 Å². The van der Waals surface area contributed by atoms with Crippen LogP contribution in [0.15, 0.2) is 60.7 Å². The van der Waals surface area contributed by atoms with Gasteiger partial charge in [0.2, 0.25) is 11.8 Å². The summed E-state index contributed by atoms with van der Waals surface area (Å²) in [5, 5.41) is 5.19. The van der Waals surface area contributed by atoms with E-state index in [-0.39, 0.29) is 32.3 Å². The van der Waals surface area contributed by atoms with Crippen molar-refractivity contribution < 1.29 is 52.5 Å². The minimum atomic E-state index is -1.49. The average Bonchev–Trinajstić information content (AvgIpc) is 3.66. The predicted octanol–water partition coefficient (Wildman–Crippen LogP) is 6.07. The van der Waals surface area contributed by atoms with Crippen molar-refractivity contribution in [1.82, 2.24) is 20.4 Å². The fourth-order valence-electron chi connectivity index (χ4n) is 6.45. The topological polar surface area (TPSA) is 179 Å². The standard InChI is InChI=1S/C44H66N4O11Si/c1-30(2)26-34(45-42(53)56-28-33-20-15-12-16-21-33)38(49)48-23-17-22-35(48)39(50)47(7)36(27-32-18-13-11-14-19-32)40(51)58-31(3)37(46-43(54)59-44(4,5)6)41(52)57-29-55-24-25-60(8,9)10/h11-16,18-21,30-31,34-37H,17,22-29H2,1-10H3,(H,45,53)(H,46,54)/t31-,34+,35+,36+,37+/m1/s1. The van der Waals surface area contributed by atoms with E-state index in [9.17, 15) is 28.8 Å². The van der Waals surface area contributed by atoms with E-state index >= 15 is 0 Å². The first kappa shape index (κ1) is 49.4. The van der Waals surface area contributed by atoms with Gasteiger partial charge in [-0.25, -0.2) is 19.2 Å². The van der Waals surface area contributed by atoms with Gasteiger partial charge >= 0.3 is 24.1 Å². The lowest BCUT2D eigenvalue weighted by molar-refractivity contribution is -0.169. The highest BCUT2D eigenvalue weighted by molar-refractivity contribution is 6.76. The molecule has 5 atom stereocenters. The smallest absolute Gasteiger partial charge is 0.408 e. The zero-order valence-corrected chi connectivity index (χ0v) is 38.0. The number of benzene rings is 2. The van der Waals surface area contributed by atoms with Gasteiger partial charge in [0, 0.05) is 34.7 Å². The maximum Gasteiger partial charge on any atom is 0.408 e. The maximum atomic E-state index is 14.4. The van der Waals surface area contributed by atoms with E-state index in [4.69, 9.17) is 23.7 Å². The van der Waals surface area contributed by atoms with Crippen molar-refractivity contribution in [3.05, 3.63) is 71.8 Å². The first-order chi connectivity index (χ1) is 28.1. The van der Waals surface area contributed by atoms with E-state index in [0.717, 1.165) is 17.2 Å². The summed E-state index contributed by atoms with van der Waals surface area (Å²) in [5.41, 5.74) is 0.617. The second-order valence-electron chi connectivity index (χ2n) is 17.8. The molecule has 60 heavy (non-hydrogen) atoms. The highest BCUT2D eigenvalue weighted by atomic mass is 28.3. The minimum Gasteiger partial charge on any atom is -0.458 e. The Hall–Kier alpha value is -4.96. The number of esters is 2. The lowest BCUT2D eigenvalue weighted by atomic mass is 10.0. The highest BCUT2D eigenvalue weighted by Gasteiger charge is 2.43. The summed E-state index contributed by atoms with van der Waals surface area (Å²) >= 11 is 0. The summed E-state index contributed by atoms with van der Waals surface area (Å²) in [6.45, 7) is 17.1. The number of carbonyl (C=O) groups excluding carboxylic acids is 6. The number of likely N-dealkylation sites (N-methyl/N-ethyl adjacent to an activating group) is 1. The number of carbonyl (C=O) groups is 6. The van der Waals surface area contributed by atoms with Crippen LogP contribution in [-0.4, -0.2) is 117 Å². The Labute approximate surface area is 356 Å². The zero-order chi connectivity index (χ0) is 44.6. The molecule has 0 aliphatic carbocycles. The summed E-state index contributed by atoms with van der Waals surface area (Å²) in [5.74, 6) is -2.67. The van der Waals surface area contributed by atoms with Gasteiger partial charge in [-0.05, 0) is 70.0 Å². The van der Waals surface area contributed by atoms with Crippen LogP contribution in [-0.2, 0) is 55.9 Å². The van der Waals surface area contributed by atoms with Gasteiger partial charge in [0.15, 0.2) is 12.8 Å². The molecule has 2 N–H and O–H groups in total. The van der Waals surface area contributed by atoms with Gasteiger partial charge < -0.3 is 44.1 Å². The molecule has 16 heteroatoms. The van der Waals surface area contributed by atoms with Gasteiger partial charge in [0.1, 0.15) is 36.4 Å². The Morgan fingerprint density at radius 2 is 1.47 bits per heavy atom. The van der Waals surface area contributed by atoms with Crippen molar-refractivity contribution in [2.45, 2.75) is 135 Å². The van der Waals surface area contributed by atoms with Crippen LogP contribution < -0.4 is 10.6 Å². The van der Waals surface area contributed by atoms with Crippen LogP contribution in [0.3, 0.4) is 0 Å². The second kappa shape index (κ2) is 23.1. The number of rotatable bonds is 20. The van der Waals surface area contributed by atoms with Crippen LogP contribution in [0.4, 0.5) is 9.59 Å². The summed E-state index contributed by atoms with van der Waals surface area (Å²) in [6, 6.07) is 14.5. The third kappa shape index (κ3) is 17.0. The number of likely N-dealkylation sites (tertiary alicyclic amines) is 1. The first-order valence-corrected chi connectivity index (χ1v) is 24.4. The van der Waals surface area contributed by atoms with Crippen molar-refractivity contribution in [2.24, 2.45) is 5.92 Å². The maximum absolute atomic E-state index is 14.4. The molecule has 3 rings (SSSR count). The molecule has 15 nitrogen and oxygen atoms in total. The Kier molecular flexibility index (Phi) is 19.1. The molecule has 2 aromatic carbocycles. The monoisotopic (exact) mass is 854 g/mol. The average molecular weight is 855 g/mol. The number of amides is 4. The Balaban J connectivity index is 1.82. The molecule has 0 saturated carbocycles. The summed E-state index contributed by atoms with van der Waals surface area (Å²) in [6.07, 6.45) is -1.77. The van der Waals surface area contributed by atoms with Gasteiger partial charge in [-0.1, -0.05) is 94.2 Å². The molecule has 332 valence electrons. The Morgan fingerprint density at radius 1 is 0.850 bits per heavy atom. The van der Waals surface area contributed by atoms with Gasteiger partial charge in [-0.15, -0.1) is 0 Å².